The van der Waals surface area contributed by atoms with Crippen molar-refractivity contribution in [3.63, 3.8) is 0 Å². The van der Waals surface area contributed by atoms with Crippen LogP contribution in [-0.2, 0) is 16.0 Å². The van der Waals surface area contributed by atoms with E-state index in [1.807, 2.05) is 18.2 Å². The number of halogens is 2. The summed E-state index contributed by atoms with van der Waals surface area (Å²) in [5.41, 5.74) is 2.99. The van der Waals surface area contributed by atoms with Crippen molar-refractivity contribution in [2.75, 3.05) is 11.9 Å². The molecule has 2 aromatic carbocycles. The van der Waals surface area contributed by atoms with Crippen molar-refractivity contribution in [3.8, 4) is 0 Å². The highest BCUT2D eigenvalue weighted by Gasteiger charge is 2.28. The molecule has 0 saturated carbocycles. The number of furan rings is 1. The van der Waals surface area contributed by atoms with E-state index in [-0.39, 0.29) is 5.69 Å². The number of nitrogens with one attached hydrogen (secondary N) is 1. The molecule has 0 fully saturated rings. The molecule has 1 N–H and O–H groups in total. The van der Waals surface area contributed by atoms with Crippen molar-refractivity contribution in [3.05, 3.63) is 95.1 Å². The minimum atomic E-state index is -0.796. The van der Waals surface area contributed by atoms with Gasteiger partial charge in [0.2, 0.25) is 0 Å². The Morgan fingerprint density at radius 2 is 1.94 bits per heavy atom. The van der Waals surface area contributed by atoms with Gasteiger partial charge in [0.25, 0.3) is 5.91 Å². The average Bonchev–Trinajstić information content (AvgIpc) is 3.49. The minimum absolute atomic E-state index is 0.330. The summed E-state index contributed by atoms with van der Waals surface area (Å²) < 4.78 is 37.8. The third kappa shape index (κ3) is 4.17. The molecule has 0 atom stereocenters. The molecular weight excluding hydrogens is 442 g/mol. The number of esters is 1. The largest absolute Gasteiger partial charge is 0.465 e. The summed E-state index contributed by atoms with van der Waals surface area (Å²) in [4.78, 5) is 30.1. The minimum Gasteiger partial charge on any atom is -0.465 e. The molecule has 2 heterocycles. The lowest BCUT2D eigenvalue weighted by molar-refractivity contribution is -0.119. The van der Waals surface area contributed by atoms with E-state index in [2.05, 4.69) is 5.32 Å². The van der Waals surface area contributed by atoms with Crippen LogP contribution >= 0.6 is 0 Å². The Balaban J connectivity index is 1.42. The molecule has 0 unspecified atom stereocenters. The van der Waals surface area contributed by atoms with Gasteiger partial charge in [0.1, 0.15) is 17.4 Å². The van der Waals surface area contributed by atoms with Crippen LogP contribution < -0.4 is 5.32 Å². The second-order valence-corrected chi connectivity index (χ2v) is 7.76. The highest BCUT2D eigenvalue weighted by molar-refractivity contribution is 6.08. The second-order valence-electron chi connectivity index (χ2n) is 7.76. The summed E-state index contributed by atoms with van der Waals surface area (Å²) in [5.74, 6) is -2.29. The van der Waals surface area contributed by atoms with E-state index in [1.165, 1.54) is 0 Å². The number of anilines is 1. The smallest absolute Gasteiger partial charge is 0.339 e. The molecule has 2 aromatic heterocycles. The number of carbonyl (C=O) groups is 2. The average molecular weight is 460 g/mol. The van der Waals surface area contributed by atoms with Crippen LogP contribution in [0.15, 0.2) is 65.3 Å². The van der Waals surface area contributed by atoms with E-state index in [1.54, 1.807) is 30.5 Å². The first-order chi connectivity index (χ1) is 16.5. The van der Waals surface area contributed by atoms with Crippen molar-refractivity contribution in [2.45, 2.75) is 12.8 Å². The molecule has 0 saturated heterocycles. The van der Waals surface area contributed by atoms with Gasteiger partial charge in [-0.1, -0.05) is 18.2 Å². The third-order valence-electron chi connectivity index (χ3n) is 5.54. The number of aromatic nitrogens is 1. The topological polar surface area (TPSA) is 81.4 Å². The molecule has 1 aliphatic rings. The molecule has 1 aliphatic carbocycles. The SMILES string of the molecule is O=C(COC(=O)c1c2c(nc3ccccc13)C(=Cc1ccco1)CC2)Nc1cc(F)ccc1F. The van der Waals surface area contributed by atoms with Crippen LogP contribution in [0.25, 0.3) is 22.6 Å². The molecule has 4 aromatic rings. The van der Waals surface area contributed by atoms with Gasteiger partial charge in [0.05, 0.1) is 28.7 Å². The Bertz CT molecular complexity index is 1440. The molecule has 0 bridgehead atoms. The summed E-state index contributed by atoms with van der Waals surface area (Å²) in [7, 11) is 0. The van der Waals surface area contributed by atoms with Crippen LogP contribution in [0, 0.1) is 11.6 Å². The predicted molar refractivity (Wildman–Crippen MR) is 122 cm³/mol. The highest BCUT2D eigenvalue weighted by Crippen LogP contribution is 2.37. The molecular formula is C26H18F2N2O4. The standard InChI is InChI=1S/C26H18F2N2O4/c27-16-8-10-20(28)22(13-16)29-23(31)14-34-26(32)24-18-5-1-2-6-21(18)30-25-15(7-9-19(24)25)12-17-4-3-11-33-17/h1-6,8,10-13H,7,9,14H2,(H,29,31). The van der Waals surface area contributed by atoms with E-state index in [0.29, 0.717) is 40.8 Å². The number of hydrogen-bond acceptors (Lipinski definition) is 5. The van der Waals surface area contributed by atoms with E-state index >= 15 is 0 Å². The number of nitrogens with zero attached hydrogens (tertiary/aromatic N) is 1. The number of amides is 1. The lowest BCUT2D eigenvalue weighted by Crippen LogP contribution is -2.22. The first kappa shape index (κ1) is 21.5. The van der Waals surface area contributed by atoms with Gasteiger partial charge in [0, 0.05) is 11.5 Å². The van der Waals surface area contributed by atoms with Crippen molar-refractivity contribution < 1.29 is 27.5 Å². The summed E-state index contributed by atoms with van der Waals surface area (Å²) in [6, 6.07) is 13.5. The lowest BCUT2D eigenvalue weighted by Gasteiger charge is -2.12. The maximum atomic E-state index is 13.8. The summed E-state index contributed by atoms with van der Waals surface area (Å²) >= 11 is 0. The van der Waals surface area contributed by atoms with E-state index in [0.717, 1.165) is 29.3 Å². The highest BCUT2D eigenvalue weighted by atomic mass is 19.1. The predicted octanol–water partition coefficient (Wildman–Crippen LogP) is 5.39. The molecule has 0 radical (unpaired) electrons. The Labute approximate surface area is 192 Å². The van der Waals surface area contributed by atoms with Gasteiger partial charge in [0.15, 0.2) is 6.61 Å². The van der Waals surface area contributed by atoms with Gasteiger partial charge in [-0.2, -0.15) is 0 Å². The van der Waals surface area contributed by atoms with Crippen molar-refractivity contribution in [1.29, 1.82) is 0 Å². The first-order valence-electron chi connectivity index (χ1n) is 10.6. The Kier molecular flexibility index (Phi) is 5.63. The Hall–Kier alpha value is -4.33. The number of benzene rings is 2. The van der Waals surface area contributed by atoms with E-state index in [9.17, 15) is 18.4 Å². The molecule has 5 rings (SSSR count). The van der Waals surface area contributed by atoms with E-state index in [4.69, 9.17) is 14.1 Å². The van der Waals surface area contributed by atoms with Crippen LogP contribution in [0.1, 0.15) is 33.8 Å². The number of allylic oxidation sites excluding steroid dienone is 1. The quantitative estimate of drug-likeness (QED) is 0.404. The Morgan fingerprint density at radius 3 is 2.76 bits per heavy atom. The maximum absolute atomic E-state index is 13.8. The molecule has 1 amide bonds. The molecule has 8 heteroatoms. The fraction of sp³-hybridized carbons (Fsp3) is 0.115. The van der Waals surface area contributed by atoms with Crippen molar-refractivity contribution in [1.82, 2.24) is 4.98 Å². The molecule has 0 spiro atoms. The number of hydrogen-bond donors (Lipinski definition) is 1. The zero-order valence-corrected chi connectivity index (χ0v) is 17.8. The maximum Gasteiger partial charge on any atom is 0.339 e. The van der Waals surface area contributed by atoms with Crippen LogP contribution in [-0.4, -0.2) is 23.5 Å². The van der Waals surface area contributed by atoms with Gasteiger partial charge < -0.3 is 14.5 Å². The second kappa shape index (κ2) is 8.90. The zero-order chi connectivity index (χ0) is 23.7. The number of carbonyl (C=O) groups excluding carboxylic acids is 2. The van der Waals surface area contributed by atoms with Crippen molar-refractivity contribution in [2.24, 2.45) is 0 Å². The summed E-state index contributed by atoms with van der Waals surface area (Å²) in [6.45, 7) is -0.657. The number of pyridine rings is 1. The number of ether oxygens (including phenoxy) is 1. The first-order valence-corrected chi connectivity index (χ1v) is 10.6. The fourth-order valence-electron chi connectivity index (χ4n) is 4.04. The lowest BCUT2D eigenvalue weighted by atomic mass is 10.0. The Morgan fingerprint density at radius 1 is 1.09 bits per heavy atom. The zero-order valence-electron chi connectivity index (χ0n) is 17.8. The van der Waals surface area contributed by atoms with E-state index < -0.39 is 30.1 Å². The van der Waals surface area contributed by atoms with Gasteiger partial charge >= 0.3 is 5.97 Å². The fourth-order valence-corrected chi connectivity index (χ4v) is 4.04. The van der Waals surface area contributed by atoms with Crippen LogP contribution in [0.5, 0.6) is 0 Å². The normalized spacial score (nSPS) is 13.8. The molecule has 0 aliphatic heterocycles. The number of rotatable bonds is 5. The number of para-hydroxylation sites is 1. The molecule has 34 heavy (non-hydrogen) atoms. The van der Waals surface area contributed by atoms with Crippen LogP contribution in [0.4, 0.5) is 14.5 Å². The van der Waals surface area contributed by atoms with Crippen LogP contribution in [0.3, 0.4) is 0 Å². The van der Waals surface area contributed by atoms with Gasteiger partial charge in [-0.25, -0.2) is 18.6 Å². The van der Waals surface area contributed by atoms with Gasteiger partial charge in [-0.3, -0.25) is 4.79 Å². The molecule has 170 valence electrons. The summed E-state index contributed by atoms with van der Waals surface area (Å²) in [5, 5.41) is 2.83. The third-order valence-corrected chi connectivity index (χ3v) is 5.54. The van der Waals surface area contributed by atoms with Gasteiger partial charge in [-0.15, -0.1) is 0 Å². The van der Waals surface area contributed by atoms with Gasteiger partial charge in [-0.05, 0) is 60.4 Å². The molecule has 6 nitrogen and oxygen atoms in total. The summed E-state index contributed by atoms with van der Waals surface area (Å²) in [6.07, 6.45) is 4.72. The van der Waals surface area contributed by atoms with Crippen molar-refractivity contribution >= 4 is 40.1 Å². The monoisotopic (exact) mass is 460 g/mol. The number of fused-ring (bicyclic) bond motifs is 2. The van der Waals surface area contributed by atoms with Crippen LogP contribution in [0.2, 0.25) is 0 Å².